The summed E-state index contributed by atoms with van der Waals surface area (Å²) in [5, 5.41) is 24.8. The molecular weight excluding hydrogens is 579 g/mol. The van der Waals surface area contributed by atoms with Gasteiger partial charge in [-0.1, -0.05) is 23.2 Å². The zero-order chi connectivity index (χ0) is 28.0. The molecule has 16 heteroatoms. The van der Waals surface area contributed by atoms with Gasteiger partial charge >= 0.3 is 11.9 Å². The highest BCUT2D eigenvalue weighted by molar-refractivity contribution is 7.14. The van der Waals surface area contributed by atoms with Gasteiger partial charge in [-0.25, -0.2) is 29.5 Å². The largest absolute Gasteiger partial charge is 0.477 e. The minimum atomic E-state index is -1.24. The number of carbonyl (C=O) groups is 4. The van der Waals surface area contributed by atoms with Gasteiger partial charge in [0.1, 0.15) is 21.4 Å². The Labute approximate surface area is 232 Å². The number of amides is 2. The molecule has 4 aromatic heterocycles. The summed E-state index contributed by atoms with van der Waals surface area (Å²) in [4.78, 5) is 61.3. The fourth-order valence-corrected chi connectivity index (χ4v) is 4.48. The summed E-state index contributed by atoms with van der Waals surface area (Å²) >= 11 is 13.3. The molecule has 4 rings (SSSR count). The first kappa shape index (κ1) is 28.6. The van der Waals surface area contributed by atoms with Crippen molar-refractivity contribution in [3.8, 4) is 0 Å². The van der Waals surface area contributed by atoms with Gasteiger partial charge in [-0.2, -0.15) is 0 Å². The Morgan fingerprint density at radius 3 is 1.63 bits per heavy atom. The van der Waals surface area contributed by atoms with Crippen molar-refractivity contribution in [3.05, 3.63) is 77.9 Å². The second-order valence-electron chi connectivity index (χ2n) is 7.06. The van der Waals surface area contributed by atoms with E-state index in [4.69, 9.17) is 33.4 Å². The van der Waals surface area contributed by atoms with Crippen molar-refractivity contribution in [2.45, 2.75) is 13.8 Å². The highest BCUT2D eigenvalue weighted by Crippen LogP contribution is 2.21. The van der Waals surface area contributed by atoms with Crippen LogP contribution in [0.3, 0.4) is 0 Å². The second kappa shape index (κ2) is 12.5. The average molecular weight is 595 g/mol. The van der Waals surface area contributed by atoms with E-state index in [9.17, 15) is 19.2 Å². The number of rotatable bonds is 6. The minimum absolute atomic E-state index is 0.0433. The maximum absolute atomic E-state index is 12.0. The van der Waals surface area contributed by atoms with Crippen molar-refractivity contribution in [2.24, 2.45) is 0 Å². The number of pyridine rings is 2. The molecule has 0 aromatic carbocycles. The average Bonchev–Trinajstić information content (AvgIpc) is 3.45. The van der Waals surface area contributed by atoms with Gasteiger partial charge in [0.2, 0.25) is 0 Å². The first-order chi connectivity index (χ1) is 17.9. The Balaban J connectivity index is 0.000000211. The number of nitrogens with one attached hydrogen (secondary N) is 2. The lowest BCUT2D eigenvalue weighted by molar-refractivity contribution is 0.0682. The predicted octanol–water partition coefficient (Wildman–Crippen LogP) is 4.90. The van der Waals surface area contributed by atoms with Gasteiger partial charge in [-0.3, -0.25) is 9.59 Å². The number of hydrogen-bond donors (Lipinski definition) is 4. The monoisotopic (exact) mass is 594 g/mol. The maximum Gasteiger partial charge on any atom is 0.356 e. The molecule has 0 atom stereocenters. The molecule has 0 unspecified atom stereocenters. The fraction of sp³-hybridized carbons (Fsp3) is 0.0909. The van der Waals surface area contributed by atoms with Crippen LogP contribution in [0.2, 0.25) is 10.0 Å². The molecule has 0 radical (unpaired) electrons. The molecule has 0 saturated heterocycles. The number of carboxylic acid groups (broad SMARTS) is 2. The Bertz CT molecular complexity index is 1390. The third-order valence-corrected chi connectivity index (χ3v) is 6.60. The number of aryl methyl sites for hydroxylation is 2. The number of anilines is 2. The van der Waals surface area contributed by atoms with Crippen molar-refractivity contribution < 1.29 is 29.4 Å². The van der Waals surface area contributed by atoms with Gasteiger partial charge in [0.15, 0.2) is 11.4 Å². The van der Waals surface area contributed by atoms with E-state index in [-0.39, 0.29) is 32.8 Å². The summed E-state index contributed by atoms with van der Waals surface area (Å²) in [7, 11) is 0. The van der Waals surface area contributed by atoms with Crippen LogP contribution in [0.25, 0.3) is 0 Å². The van der Waals surface area contributed by atoms with E-state index in [1.807, 2.05) is 0 Å². The smallest absolute Gasteiger partial charge is 0.356 e. The molecule has 0 aliphatic carbocycles. The highest BCUT2D eigenvalue weighted by atomic mass is 35.5. The first-order valence-electron chi connectivity index (χ1n) is 10.2. The third-order valence-electron chi connectivity index (χ3n) is 4.22. The van der Waals surface area contributed by atoms with E-state index in [2.05, 4.69) is 30.6 Å². The predicted molar refractivity (Wildman–Crippen MR) is 142 cm³/mol. The van der Waals surface area contributed by atoms with Crippen molar-refractivity contribution >= 4 is 81.3 Å². The van der Waals surface area contributed by atoms with Crippen LogP contribution >= 0.6 is 45.9 Å². The Morgan fingerprint density at radius 1 is 0.711 bits per heavy atom. The number of aromatic carboxylic acids is 2. The van der Waals surface area contributed by atoms with E-state index in [1.54, 1.807) is 26.0 Å². The summed E-state index contributed by atoms with van der Waals surface area (Å²) in [5.74, 6) is -3.03. The van der Waals surface area contributed by atoms with Crippen LogP contribution in [0.5, 0.6) is 0 Å². The number of hydrogen-bond acceptors (Lipinski definition) is 10. The molecule has 0 aliphatic rings. The summed E-state index contributed by atoms with van der Waals surface area (Å²) in [6.45, 7) is 3.27. The van der Waals surface area contributed by atoms with Crippen LogP contribution in [-0.4, -0.2) is 53.9 Å². The highest BCUT2D eigenvalue weighted by Gasteiger charge is 2.23. The topological polar surface area (TPSA) is 184 Å². The van der Waals surface area contributed by atoms with Crippen molar-refractivity contribution in [1.82, 2.24) is 19.9 Å². The van der Waals surface area contributed by atoms with Gasteiger partial charge in [0.25, 0.3) is 11.8 Å². The molecule has 0 spiro atoms. The summed E-state index contributed by atoms with van der Waals surface area (Å²) < 4.78 is 0. The Kier molecular flexibility index (Phi) is 9.41. The van der Waals surface area contributed by atoms with Crippen LogP contribution in [0, 0.1) is 13.8 Å². The quantitative estimate of drug-likeness (QED) is 0.239. The summed E-state index contributed by atoms with van der Waals surface area (Å²) in [6, 6.07) is 6.17. The molecular formula is C22H16Cl2N6O6S2. The lowest BCUT2D eigenvalue weighted by atomic mass is 10.3. The van der Waals surface area contributed by atoms with Crippen molar-refractivity contribution in [1.29, 1.82) is 0 Å². The van der Waals surface area contributed by atoms with Crippen LogP contribution < -0.4 is 10.6 Å². The number of aromatic nitrogens is 4. The van der Waals surface area contributed by atoms with Gasteiger partial charge < -0.3 is 20.8 Å². The molecule has 4 aromatic rings. The molecule has 4 heterocycles. The van der Waals surface area contributed by atoms with Crippen molar-refractivity contribution in [2.75, 3.05) is 10.6 Å². The number of nitrogens with zero attached hydrogens (tertiary/aromatic N) is 4. The Hall–Kier alpha value is -3.98. The molecule has 0 saturated carbocycles. The van der Waals surface area contributed by atoms with Gasteiger partial charge in [0, 0.05) is 12.4 Å². The molecule has 0 fully saturated rings. The number of carboxylic acids is 2. The molecule has 2 amide bonds. The second-order valence-corrected chi connectivity index (χ2v) is 10.3. The van der Waals surface area contributed by atoms with E-state index in [0.29, 0.717) is 20.1 Å². The van der Waals surface area contributed by atoms with Crippen LogP contribution in [0.15, 0.2) is 36.7 Å². The zero-order valence-electron chi connectivity index (χ0n) is 19.4. The summed E-state index contributed by atoms with van der Waals surface area (Å²) in [6.07, 6.45) is 2.76. The van der Waals surface area contributed by atoms with E-state index in [0.717, 1.165) is 22.7 Å². The van der Waals surface area contributed by atoms with E-state index >= 15 is 0 Å². The minimum Gasteiger partial charge on any atom is -0.477 e. The van der Waals surface area contributed by atoms with Crippen LogP contribution in [0.1, 0.15) is 50.3 Å². The number of thiazole rings is 2. The third kappa shape index (κ3) is 7.52. The SMILES string of the molecule is Cc1nc(C(=O)Nc2ccc(Cl)cn2)c(C(=O)O)s1.Cc1nc(C(=O)O)c(C(=O)Nc2ccc(Cl)cn2)s1. The lowest BCUT2D eigenvalue weighted by Crippen LogP contribution is -2.16. The van der Waals surface area contributed by atoms with E-state index < -0.39 is 23.8 Å². The molecule has 12 nitrogen and oxygen atoms in total. The van der Waals surface area contributed by atoms with E-state index in [1.165, 1.54) is 24.5 Å². The molecule has 0 bridgehead atoms. The normalized spacial score (nSPS) is 10.2. The molecule has 38 heavy (non-hydrogen) atoms. The van der Waals surface area contributed by atoms with Crippen LogP contribution in [0.4, 0.5) is 11.6 Å². The molecule has 196 valence electrons. The van der Waals surface area contributed by atoms with Crippen molar-refractivity contribution in [3.63, 3.8) is 0 Å². The summed E-state index contributed by atoms with van der Waals surface area (Å²) in [5.41, 5.74) is -0.374. The zero-order valence-corrected chi connectivity index (χ0v) is 22.5. The molecule has 4 N–H and O–H groups in total. The standard InChI is InChI=1S/2C11H8ClN3O3S/c1-5-14-8(11(17)18)9(19-5)10(16)15-7-3-2-6(12)4-13-7;1-5-14-8(9(19-5)11(17)18)10(16)15-7-3-2-6(12)4-13-7/h2*2-4H,1H3,(H,17,18)(H,13,15,16). The lowest BCUT2D eigenvalue weighted by Gasteiger charge is -2.02. The fourth-order valence-electron chi connectivity index (χ4n) is 2.70. The first-order valence-corrected chi connectivity index (χ1v) is 12.6. The van der Waals surface area contributed by atoms with Gasteiger partial charge in [-0.15, -0.1) is 22.7 Å². The van der Waals surface area contributed by atoms with Crippen LogP contribution in [-0.2, 0) is 0 Å². The van der Waals surface area contributed by atoms with Gasteiger partial charge in [0.05, 0.1) is 20.1 Å². The maximum atomic E-state index is 12.0. The Morgan fingerprint density at radius 2 is 1.18 bits per heavy atom. The number of carbonyl (C=O) groups excluding carboxylic acids is 2. The number of halogens is 2. The van der Waals surface area contributed by atoms with Gasteiger partial charge in [-0.05, 0) is 38.1 Å². The molecule has 0 aliphatic heterocycles.